The second kappa shape index (κ2) is 15.6. The van der Waals surface area contributed by atoms with Gasteiger partial charge in [0.2, 0.25) is 0 Å². The molecule has 0 atom stereocenters. The molecule has 6 nitrogen and oxygen atoms in total. The molecule has 4 heterocycles. The average Bonchev–Trinajstić information content (AvgIpc) is 4.10. The summed E-state index contributed by atoms with van der Waals surface area (Å²) in [6.07, 6.45) is 0. The van der Waals surface area contributed by atoms with E-state index in [1.807, 2.05) is 66.7 Å². The van der Waals surface area contributed by atoms with E-state index in [2.05, 4.69) is 168 Å². The summed E-state index contributed by atoms with van der Waals surface area (Å²) in [6, 6.07) is 80.5. The Labute approximate surface area is 396 Å². The van der Waals surface area contributed by atoms with Gasteiger partial charge in [-0.1, -0.05) is 170 Å². The van der Waals surface area contributed by atoms with E-state index in [0.29, 0.717) is 17.5 Å². The van der Waals surface area contributed by atoms with Crippen molar-refractivity contribution >= 4 is 65.7 Å². The van der Waals surface area contributed by atoms with Crippen molar-refractivity contribution < 1.29 is 8.83 Å². The molecule has 0 saturated heterocycles. The van der Waals surface area contributed by atoms with E-state index < -0.39 is 0 Å². The van der Waals surface area contributed by atoms with Gasteiger partial charge in [0.05, 0.1) is 16.7 Å². The molecule has 4 aromatic heterocycles. The molecule has 0 unspecified atom stereocenters. The summed E-state index contributed by atoms with van der Waals surface area (Å²) in [5, 5.41) is 6.59. The Hall–Kier alpha value is -9.39. The Bertz CT molecular complexity index is 4250. The zero-order valence-electron chi connectivity index (χ0n) is 37.0. The van der Waals surface area contributed by atoms with Crippen LogP contribution < -0.4 is 0 Å². The first-order valence-corrected chi connectivity index (χ1v) is 23.2. The van der Waals surface area contributed by atoms with Crippen molar-refractivity contribution in [1.82, 2.24) is 19.5 Å². The third-order valence-electron chi connectivity index (χ3n) is 13.4. The molecule has 69 heavy (non-hydrogen) atoms. The predicted octanol–water partition coefficient (Wildman–Crippen LogP) is 16.8. The lowest BCUT2D eigenvalue weighted by molar-refractivity contribution is 0.666. The van der Waals surface area contributed by atoms with E-state index in [0.717, 1.165) is 99.5 Å². The number of para-hydroxylation sites is 2. The predicted molar refractivity (Wildman–Crippen MR) is 281 cm³/mol. The van der Waals surface area contributed by atoms with Gasteiger partial charge in [-0.2, -0.15) is 0 Å². The van der Waals surface area contributed by atoms with E-state index in [-0.39, 0.29) is 0 Å². The summed E-state index contributed by atoms with van der Waals surface area (Å²) in [5.41, 5.74) is 15.9. The highest BCUT2D eigenvalue weighted by atomic mass is 16.3. The van der Waals surface area contributed by atoms with E-state index in [4.69, 9.17) is 23.8 Å². The molecule has 10 aromatic carbocycles. The van der Waals surface area contributed by atoms with Crippen LogP contribution in [-0.2, 0) is 0 Å². The van der Waals surface area contributed by atoms with Gasteiger partial charge in [0, 0.05) is 49.0 Å². The molecule has 0 bridgehead atoms. The summed E-state index contributed by atoms with van der Waals surface area (Å²) in [4.78, 5) is 15.0. The highest BCUT2D eigenvalue weighted by Crippen LogP contribution is 2.44. The number of rotatable bonds is 7. The third kappa shape index (κ3) is 6.45. The minimum absolute atomic E-state index is 0.605. The van der Waals surface area contributed by atoms with Crippen LogP contribution in [0.4, 0.5) is 0 Å². The number of furan rings is 2. The van der Waals surface area contributed by atoms with Crippen molar-refractivity contribution in [3.63, 3.8) is 0 Å². The Morgan fingerprint density at radius 2 is 0.826 bits per heavy atom. The molecule has 0 N–H and O–H groups in total. The van der Waals surface area contributed by atoms with Gasteiger partial charge in [0.1, 0.15) is 16.7 Å². The molecular weight excluding hydrogens is 845 g/mol. The van der Waals surface area contributed by atoms with Crippen LogP contribution in [-0.4, -0.2) is 19.5 Å². The maximum atomic E-state index is 6.82. The number of benzene rings is 10. The molecular formula is C63H38N4O2. The van der Waals surface area contributed by atoms with Gasteiger partial charge in [0.25, 0.3) is 0 Å². The van der Waals surface area contributed by atoms with Crippen LogP contribution in [0.1, 0.15) is 0 Å². The van der Waals surface area contributed by atoms with E-state index >= 15 is 0 Å². The molecule has 6 heteroatoms. The number of hydrogen-bond donors (Lipinski definition) is 0. The molecule has 0 fully saturated rings. The van der Waals surface area contributed by atoms with E-state index in [9.17, 15) is 0 Å². The zero-order chi connectivity index (χ0) is 45.4. The van der Waals surface area contributed by atoms with Crippen LogP contribution in [0.3, 0.4) is 0 Å². The molecule has 14 aromatic rings. The first-order chi connectivity index (χ1) is 34.2. The molecule has 0 amide bonds. The summed E-state index contributed by atoms with van der Waals surface area (Å²) in [5.74, 6) is 1.86. The average molecular weight is 883 g/mol. The molecule has 0 radical (unpaired) electrons. The highest BCUT2D eigenvalue weighted by molar-refractivity contribution is 6.16. The van der Waals surface area contributed by atoms with Gasteiger partial charge >= 0.3 is 0 Å². The van der Waals surface area contributed by atoms with Crippen molar-refractivity contribution in [2.24, 2.45) is 0 Å². The topological polar surface area (TPSA) is 69.9 Å². The first-order valence-electron chi connectivity index (χ1n) is 23.2. The largest absolute Gasteiger partial charge is 0.456 e. The summed E-state index contributed by atoms with van der Waals surface area (Å²) < 4.78 is 15.8. The van der Waals surface area contributed by atoms with Crippen LogP contribution in [0.25, 0.3) is 139 Å². The number of fused-ring (bicyclic) bond motifs is 9. The Morgan fingerprint density at radius 3 is 1.59 bits per heavy atom. The van der Waals surface area contributed by atoms with E-state index in [1.165, 1.54) is 21.9 Å². The van der Waals surface area contributed by atoms with Gasteiger partial charge in [-0.15, -0.1) is 0 Å². The van der Waals surface area contributed by atoms with Crippen molar-refractivity contribution in [2.75, 3.05) is 0 Å². The van der Waals surface area contributed by atoms with Crippen LogP contribution in [0.5, 0.6) is 0 Å². The maximum Gasteiger partial charge on any atom is 0.164 e. The van der Waals surface area contributed by atoms with Gasteiger partial charge in [-0.05, 0) is 94.0 Å². The molecule has 322 valence electrons. The van der Waals surface area contributed by atoms with Gasteiger partial charge in [-0.3, -0.25) is 0 Å². The van der Waals surface area contributed by atoms with Crippen molar-refractivity contribution in [3.8, 4) is 73.2 Å². The minimum atomic E-state index is 0.605. The van der Waals surface area contributed by atoms with Crippen molar-refractivity contribution in [3.05, 3.63) is 231 Å². The smallest absolute Gasteiger partial charge is 0.164 e. The van der Waals surface area contributed by atoms with Crippen molar-refractivity contribution in [2.45, 2.75) is 0 Å². The third-order valence-corrected chi connectivity index (χ3v) is 13.4. The van der Waals surface area contributed by atoms with Crippen LogP contribution in [0.2, 0.25) is 0 Å². The normalized spacial score (nSPS) is 11.8. The fourth-order valence-electron chi connectivity index (χ4n) is 10.2. The fraction of sp³-hybridized carbons (Fsp3) is 0. The Morgan fingerprint density at radius 1 is 0.290 bits per heavy atom. The Balaban J connectivity index is 0.940. The van der Waals surface area contributed by atoms with Gasteiger partial charge in [0.15, 0.2) is 23.1 Å². The monoisotopic (exact) mass is 882 g/mol. The van der Waals surface area contributed by atoms with Gasteiger partial charge in [-0.25, -0.2) is 15.0 Å². The molecule has 0 aliphatic rings. The summed E-state index contributed by atoms with van der Waals surface area (Å²) >= 11 is 0. The minimum Gasteiger partial charge on any atom is -0.456 e. The molecule has 0 saturated carbocycles. The Kier molecular flexibility index (Phi) is 8.79. The molecule has 0 aliphatic heterocycles. The van der Waals surface area contributed by atoms with E-state index in [1.54, 1.807) is 0 Å². The quantitative estimate of drug-likeness (QED) is 0.159. The molecule has 14 rings (SSSR count). The van der Waals surface area contributed by atoms with Crippen LogP contribution in [0, 0.1) is 0 Å². The van der Waals surface area contributed by atoms with Crippen molar-refractivity contribution in [1.29, 1.82) is 0 Å². The lowest BCUT2D eigenvalue weighted by atomic mass is 9.95. The standard InChI is InChI=1S/C63H38N4O2/c1-4-16-39(17-5-1)42-30-32-54-50(35-42)48-24-10-12-27-53(48)67(54)55-38-46(37-51-49-25-11-13-28-56(49)69-60(51)55)43-31-33-57-52(36-43)59-47(26-15-29-58(59)68-57)44-22-14-23-45(34-44)63-65-61(40-18-6-2-7-19-40)64-62(66-63)41-20-8-3-9-21-41/h1-38H. The van der Waals surface area contributed by atoms with Crippen LogP contribution in [0.15, 0.2) is 239 Å². The lowest BCUT2D eigenvalue weighted by Gasteiger charge is -2.12. The second-order valence-electron chi connectivity index (χ2n) is 17.5. The molecule has 0 aliphatic carbocycles. The highest BCUT2D eigenvalue weighted by Gasteiger charge is 2.22. The van der Waals surface area contributed by atoms with Gasteiger partial charge < -0.3 is 13.4 Å². The second-order valence-corrected chi connectivity index (χ2v) is 17.5. The maximum absolute atomic E-state index is 6.82. The summed E-state index contributed by atoms with van der Waals surface area (Å²) in [7, 11) is 0. The molecule has 0 spiro atoms. The van der Waals surface area contributed by atoms with Crippen LogP contribution >= 0.6 is 0 Å². The zero-order valence-corrected chi connectivity index (χ0v) is 37.0. The number of nitrogens with zero attached hydrogens (tertiary/aromatic N) is 4. The lowest BCUT2D eigenvalue weighted by Crippen LogP contribution is -2.00. The number of aromatic nitrogens is 4. The first kappa shape index (κ1) is 38.8. The SMILES string of the molecule is c1ccc(-c2ccc3c(c2)c2ccccc2n3-c2cc(-c3ccc4oc5cccc(-c6cccc(-c7nc(-c8ccccc8)nc(-c8ccccc8)n7)c6)c5c4c3)cc3c2oc2ccccc23)cc1. The number of hydrogen-bond acceptors (Lipinski definition) is 5. The summed E-state index contributed by atoms with van der Waals surface area (Å²) in [6.45, 7) is 0. The fourth-order valence-corrected chi connectivity index (χ4v) is 10.2.